The number of aromatic amines is 2. The molecule has 0 unspecified atom stereocenters. The van der Waals surface area contributed by atoms with Gasteiger partial charge in [0.05, 0.1) is 5.69 Å². The van der Waals surface area contributed by atoms with Crippen LogP contribution in [0.4, 0.5) is 5.82 Å². The van der Waals surface area contributed by atoms with Crippen molar-refractivity contribution in [1.29, 1.82) is 0 Å². The second-order valence-electron chi connectivity index (χ2n) is 4.79. The average molecular weight is 294 g/mol. The minimum atomic E-state index is -0.515. The molecule has 4 N–H and O–H groups in total. The summed E-state index contributed by atoms with van der Waals surface area (Å²) in [4.78, 5) is 27.9. The number of H-pyrrole nitrogens is 2. The Morgan fingerprint density at radius 2 is 1.77 bits per heavy atom. The molecule has 0 aliphatic heterocycles. The van der Waals surface area contributed by atoms with Gasteiger partial charge in [-0.15, -0.1) is 0 Å². The van der Waals surface area contributed by atoms with Gasteiger partial charge in [0.2, 0.25) is 0 Å². The molecule has 0 spiro atoms. The molecule has 4 rings (SSSR count). The zero-order valence-corrected chi connectivity index (χ0v) is 11.2. The lowest BCUT2D eigenvalue weighted by Crippen LogP contribution is -2.22. The van der Waals surface area contributed by atoms with Crippen molar-refractivity contribution < 1.29 is 0 Å². The lowest BCUT2D eigenvalue weighted by molar-refractivity contribution is 0.939. The Hall–Kier alpha value is -3.42. The summed E-state index contributed by atoms with van der Waals surface area (Å²) in [5, 5.41) is 8.86. The highest BCUT2D eigenvalue weighted by atomic mass is 16.1. The Kier molecular flexibility index (Phi) is 2.40. The Morgan fingerprint density at radius 3 is 2.55 bits per heavy atom. The first-order valence-electron chi connectivity index (χ1n) is 6.50. The van der Waals surface area contributed by atoms with Gasteiger partial charge in [0.15, 0.2) is 5.65 Å². The first-order valence-corrected chi connectivity index (χ1v) is 6.50. The fourth-order valence-electron chi connectivity index (χ4n) is 2.40. The van der Waals surface area contributed by atoms with E-state index in [2.05, 4.69) is 20.3 Å². The number of hydrogen-bond donors (Lipinski definition) is 3. The molecule has 0 amide bonds. The van der Waals surface area contributed by atoms with E-state index in [0.717, 1.165) is 5.56 Å². The van der Waals surface area contributed by atoms with Gasteiger partial charge < -0.3 is 5.73 Å². The first kappa shape index (κ1) is 12.3. The summed E-state index contributed by atoms with van der Waals surface area (Å²) in [7, 11) is 0. The fraction of sp³-hybridized carbons (Fsp3) is 0. The van der Waals surface area contributed by atoms with Crippen LogP contribution in [0.5, 0.6) is 0 Å². The molecule has 3 aromatic heterocycles. The van der Waals surface area contributed by atoms with E-state index in [1.165, 1.54) is 4.52 Å². The quantitative estimate of drug-likeness (QED) is 0.472. The van der Waals surface area contributed by atoms with Gasteiger partial charge in [-0.3, -0.25) is 19.8 Å². The number of nitrogens with two attached hydrogens (primary N) is 1. The molecule has 8 heteroatoms. The first-order chi connectivity index (χ1) is 10.6. The Bertz CT molecular complexity index is 1120. The summed E-state index contributed by atoms with van der Waals surface area (Å²) < 4.78 is 1.36. The van der Waals surface area contributed by atoms with Crippen LogP contribution in [0.25, 0.3) is 27.8 Å². The zero-order chi connectivity index (χ0) is 15.3. The Balaban J connectivity index is 2.13. The summed E-state index contributed by atoms with van der Waals surface area (Å²) in [6.07, 6.45) is 0. The van der Waals surface area contributed by atoms with Crippen LogP contribution >= 0.6 is 0 Å². The number of anilines is 1. The second-order valence-corrected chi connectivity index (χ2v) is 4.79. The number of benzene rings is 1. The van der Waals surface area contributed by atoms with E-state index in [4.69, 9.17) is 5.73 Å². The van der Waals surface area contributed by atoms with E-state index in [9.17, 15) is 9.59 Å². The lowest BCUT2D eigenvalue weighted by atomic mass is 10.2. The number of hydrogen-bond acceptors (Lipinski definition) is 5. The average Bonchev–Trinajstić information content (AvgIpc) is 2.96. The van der Waals surface area contributed by atoms with Gasteiger partial charge in [-0.2, -0.15) is 9.61 Å². The maximum Gasteiger partial charge on any atom is 0.289 e. The Morgan fingerprint density at radius 1 is 1.05 bits per heavy atom. The number of fused-ring (bicyclic) bond motifs is 2. The summed E-state index contributed by atoms with van der Waals surface area (Å²) in [5.74, 6) is 0.0783. The van der Waals surface area contributed by atoms with Crippen molar-refractivity contribution in [2.45, 2.75) is 0 Å². The highest BCUT2D eigenvalue weighted by molar-refractivity contribution is 5.89. The molecule has 108 valence electrons. The number of nitrogens with one attached hydrogen (secondary N) is 2. The number of nitrogen functional groups attached to an aromatic ring is 1. The predicted octanol–water partition coefficient (Wildman–Crippen LogP) is 0.508. The third kappa shape index (κ3) is 1.64. The summed E-state index contributed by atoms with van der Waals surface area (Å²) in [6.45, 7) is 0. The van der Waals surface area contributed by atoms with E-state index in [-0.39, 0.29) is 16.7 Å². The zero-order valence-electron chi connectivity index (χ0n) is 11.2. The third-order valence-corrected chi connectivity index (χ3v) is 3.44. The fourth-order valence-corrected chi connectivity index (χ4v) is 2.40. The molecular formula is C14H10N6O2. The molecule has 4 aromatic rings. The molecule has 0 fully saturated rings. The van der Waals surface area contributed by atoms with Crippen LogP contribution in [0.15, 0.2) is 46.0 Å². The van der Waals surface area contributed by atoms with Crippen LogP contribution in [0, 0.1) is 0 Å². The minimum absolute atomic E-state index is 0.00624. The van der Waals surface area contributed by atoms with E-state index in [0.29, 0.717) is 11.3 Å². The van der Waals surface area contributed by atoms with Gasteiger partial charge in [-0.05, 0) is 0 Å². The van der Waals surface area contributed by atoms with E-state index in [1.54, 1.807) is 6.07 Å². The molecular weight excluding hydrogens is 284 g/mol. The van der Waals surface area contributed by atoms with Crippen LogP contribution in [0.3, 0.4) is 0 Å². The van der Waals surface area contributed by atoms with E-state index >= 15 is 0 Å². The highest BCUT2D eigenvalue weighted by Gasteiger charge is 2.15. The standard InChI is InChI=1S/C14H10N6O2/c15-12-10-11(14(22)18-17-13(10)21)16-9-6-8(19-20(9)12)7-4-2-1-3-5-7/h1-6H,15H2,(H,17,21)(H,18,22). The van der Waals surface area contributed by atoms with Gasteiger partial charge in [0.25, 0.3) is 11.1 Å². The van der Waals surface area contributed by atoms with Crippen LogP contribution in [0.2, 0.25) is 0 Å². The van der Waals surface area contributed by atoms with Crippen molar-refractivity contribution in [2.24, 2.45) is 0 Å². The monoisotopic (exact) mass is 294 g/mol. The van der Waals surface area contributed by atoms with Crippen molar-refractivity contribution in [3.63, 3.8) is 0 Å². The molecule has 0 bridgehead atoms. The number of rotatable bonds is 1. The predicted molar refractivity (Wildman–Crippen MR) is 81.6 cm³/mol. The van der Waals surface area contributed by atoms with Crippen molar-refractivity contribution >= 4 is 22.4 Å². The lowest BCUT2D eigenvalue weighted by Gasteiger charge is -2.02. The smallest absolute Gasteiger partial charge is 0.289 e. The normalized spacial score (nSPS) is 11.3. The second kappa shape index (κ2) is 4.29. The van der Waals surface area contributed by atoms with Crippen LogP contribution in [-0.2, 0) is 0 Å². The molecule has 0 saturated heterocycles. The highest BCUT2D eigenvalue weighted by Crippen LogP contribution is 2.22. The summed E-state index contributed by atoms with van der Waals surface area (Å²) in [5.41, 5.74) is 6.92. The molecule has 22 heavy (non-hydrogen) atoms. The van der Waals surface area contributed by atoms with Crippen molar-refractivity contribution in [1.82, 2.24) is 24.8 Å². The van der Waals surface area contributed by atoms with Gasteiger partial charge in [0, 0.05) is 11.6 Å². The minimum Gasteiger partial charge on any atom is -0.383 e. The molecule has 0 aliphatic carbocycles. The van der Waals surface area contributed by atoms with E-state index in [1.807, 2.05) is 30.3 Å². The number of aromatic nitrogens is 5. The topological polar surface area (TPSA) is 122 Å². The summed E-state index contributed by atoms with van der Waals surface area (Å²) in [6, 6.07) is 11.2. The largest absolute Gasteiger partial charge is 0.383 e. The Labute approximate surface area is 122 Å². The van der Waals surface area contributed by atoms with Crippen LogP contribution in [-0.4, -0.2) is 24.8 Å². The molecule has 0 saturated carbocycles. The van der Waals surface area contributed by atoms with Gasteiger partial charge in [-0.25, -0.2) is 4.98 Å². The summed E-state index contributed by atoms with van der Waals surface area (Å²) >= 11 is 0. The SMILES string of the molecule is Nc1c2c(=O)[nH][nH]c(=O)c2nc2cc(-c3ccccc3)nn12. The molecule has 0 aliphatic rings. The van der Waals surface area contributed by atoms with Crippen LogP contribution < -0.4 is 16.9 Å². The molecule has 0 radical (unpaired) electrons. The molecule has 3 heterocycles. The number of nitrogens with zero attached hydrogens (tertiary/aromatic N) is 3. The molecule has 0 atom stereocenters. The van der Waals surface area contributed by atoms with Gasteiger partial charge in [0.1, 0.15) is 16.7 Å². The molecule has 8 nitrogen and oxygen atoms in total. The maximum absolute atomic E-state index is 11.9. The van der Waals surface area contributed by atoms with Crippen molar-refractivity contribution in [3.05, 3.63) is 57.1 Å². The maximum atomic E-state index is 11.9. The van der Waals surface area contributed by atoms with Crippen LogP contribution in [0.1, 0.15) is 0 Å². The third-order valence-electron chi connectivity index (χ3n) is 3.44. The van der Waals surface area contributed by atoms with Crippen molar-refractivity contribution in [2.75, 3.05) is 5.73 Å². The van der Waals surface area contributed by atoms with Gasteiger partial charge >= 0.3 is 0 Å². The molecule has 1 aromatic carbocycles. The van der Waals surface area contributed by atoms with Crippen molar-refractivity contribution in [3.8, 4) is 11.3 Å². The van der Waals surface area contributed by atoms with Gasteiger partial charge in [-0.1, -0.05) is 30.3 Å². The van der Waals surface area contributed by atoms with E-state index < -0.39 is 11.1 Å².